The van der Waals surface area contributed by atoms with Crippen LogP contribution in [0.1, 0.15) is 10.4 Å². The van der Waals surface area contributed by atoms with Crippen LogP contribution >= 0.6 is 27.5 Å². The van der Waals surface area contributed by atoms with E-state index in [4.69, 9.17) is 22.1 Å². The van der Waals surface area contributed by atoms with Gasteiger partial charge in [0.2, 0.25) is 0 Å². The molecule has 21 heavy (non-hydrogen) atoms. The standard InChI is InChI=1S/C15H14BrClN2O2/c16-10-1-6-14(17)13(9-10)15(20)19-11-2-4-12(5-3-11)21-8-7-18/h1-6,9H,7-8,18H2,(H,19,20). The third kappa shape index (κ3) is 4.46. The first-order valence-corrected chi connectivity index (χ1v) is 7.46. The zero-order valence-corrected chi connectivity index (χ0v) is 13.4. The molecule has 0 heterocycles. The van der Waals surface area contributed by atoms with Gasteiger partial charge in [0.15, 0.2) is 0 Å². The molecular weight excluding hydrogens is 356 g/mol. The molecule has 0 atom stereocenters. The van der Waals surface area contributed by atoms with Gasteiger partial charge in [0.25, 0.3) is 5.91 Å². The van der Waals surface area contributed by atoms with E-state index in [-0.39, 0.29) is 5.91 Å². The molecule has 0 aliphatic rings. The summed E-state index contributed by atoms with van der Waals surface area (Å²) in [5.41, 5.74) is 6.44. The number of ether oxygens (including phenoxy) is 1. The second kappa shape index (κ2) is 7.45. The molecule has 0 aliphatic heterocycles. The van der Waals surface area contributed by atoms with E-state index in [2.05, 4.69) is 21.2 Å². The third-order valence-corrected chi connectivity index (χ3v) is 3.49. The number of halogens is 2. The Hall–Kier alpha value is -1.56. The van der Waals surface area contributed by atoms with Crippen molar-refractivity contribution < 1.29 is 9.53 Å². The second-order valence-corrected chi connectivity index (χ2v) is 5.56. The van der Waals surface area contributed by atoms with E-state index in [1.54, 1.807) is 42.5 Å². The van der Waals surface area contributed by atoms with Crippen LogP contribution in [0.15, 0.2) is 46.9 Å². The van der Waals surface area contributed by atoms with Crippen molar-refractivity contribution in [2.75, 3.05) is 18.5 Å². The predicted molar refractivity (Wildman–Crippen MR) is 88.1 cm³/mol. The average molecular weight is 370 g/mol. The van der Waals surface area contributed by atoms with Gasteiger partial charge in [0.05, 0.1) is 10.6 Å². The number of nitrogens with one attached hydrogen (secondary N) is 1. The SMILES string of the molecule is NCCOc1ccc(NC(=O)c2cc(Br)ccc2Cl)cc1. The van der Waals surface area contributed by atoms with E-state index in [0.29, 0.717) is 35.2 Å². The number of hydrogen-bond acceptors (Lipinski definition) is 3. The van der Waals surface area contributed by atoms with E-state index in [1.807, 2.05) is 0 Å². The number of benzene rings is 2. The number of carbonyl (C=O) groups excluding carboxylic acids is 1. The Kier molecular flexibility index (Phi) is 5.61. The summed E-state index contributed by atoms with van der Waals surface area (Å²) in [6.45, 7) is 0.916. The maximum Gasteiger partial charge on any atom is 0.257 e. The van der Waals surface area contributed by atoms with Gasteiger partial charge in [-0.2, -0.15) is 0 Å². The molecule has 6 heteroatoms. The Morgan fingerprint density at radius 1 is 1.24 bits per heavy atom. The first-order chi connectivity index (χ1) is 10.1. The van der Waals surface area contributed by atoms with E-state index in [0.717, 1.165) is 4.47 Å². The lowest BCUT2D eigenvalue weighted by Crippen LogP contribution is -2.13. The van der Waals surface area contributed by atoms with Crippen molar-refractivity contribution in [2.45, 2.75) is 0 Å². The van der Waals surface area contributed by atoms with Crippen molar-refractivity contribution in [1.29, 1.82) is 0 Å². The fourth-order valence-electron chi connectivity index (χ4n) is 1.68. The Morgan fingerprint density at radius 3 is 2.62 bits per heavy atom. The molecule has 0 bridgehead atoms. The molecule has 0 aliphatic carbocycles. The molecule has 110 valence electrons. The zero-order chi connectivity index (χ0) is 15.2. The highest BCUT2D eigenvalue weighted by molar-refractivity contribution is 9.10. The lowest BCUT2D eigenvalue weighted by atomic mass is 10.2. The average Bonchev–Trinajstić information content (AvgIpc) is 2.49. The summed E-state index contributed by atoms with van der Waals surface area (Å²) in [5, 5.41) is 3.19. The Morgan fingerprint density at radius 2 is 1.95 bits per heavy atom. The molecule has 1 amide bonds. The summed E-state index contributed by atoms with van der Waals surface area (Å²) in [7, 11) is 0. The van der Waals surface area contributed by atoms with Crippen LogP contribution in [0.2, 0.25) is 5.02 Å². The summed E-state index contributed by atoms with van der Waals surface area (Å²) >= 11 is 9.34. The largest absolute Gasteiger partial charge is 0.492 e. The van der Waals surface area contributed by atoms with Crippen LogP contribution < -0.4 is 15.8 Å². The minimum Gasteiger partial charge on any atom is -0.492 e. The Bertz CT molecular complexity index is 632. The minimum absolute atomic E-state index is 0.267. The summed E-state index contributed by atoms with van der Waals surface area (Å²) in [5.74, 6) is 0.441. The monoisotopic (exact) mass is 368 g/mol. The van der Waals surface area contributed by atoms with Gasteiger partial charge in [0, 0.05) is 16.7 Å². The number of anilines is 1. The predicted octanol–water partition coefficient (Wildman–Crippen LogP) is 3.69. The van der Waals surface area contributed by atoms with Gasteiger partial charge < -0.3 is 15.8 Å². The Balaban J connectivity index is 2.07. The smallest absolute Gasteiger partial charge is 0.257 e. The van der Waals surface area contributed by atoms with Gasteiger partial charge in [-0.25, -0.2) is 0 Å². The molecular formula is C15H14BrClN2O2. The third-order valence-electron chi connectivity index (χ3n) is 2.67. The van der Waals surface area contributed by atoms with Gasteiger partial charge in [0.1, 0.15) is 12.4 Å². The van der Waals surface area contributed by atoms with Gasteiger partial charge >= 0.3 is 0 Å². The van der Waals surface area contributed by atoms with Crippen LogP contribution in [-0.2, 0) is 0 Å². The highest BCUT2D eigenvalue weighted by Gasteiger charge is 2.11. The van der Waals surface area contributed by atoms with Crippen LogP contribution in [0, 0.1) is 0 Å². The fraction of sp³-hybridized carbons (Fsp3) is 0.133. The number of nitrogens with two attached hydrogens (primary N) is 1. The maximum absolute atomic E-state index is 12.2. The van der Waals surface area contributed by atoms with Crippen molar-refractivity contribution in [3.63, 3.8) is 0 Å². The maximum atomic E-state index is 12.2. The van der Waals surface area contributed by atoms with Gasteiger partial charge in [-0.3, -0.25) is 4.79 Å². The van der Waals surface area contributed by atoms with Crippen LogP contribution in [0.5, 0.6) is 5.75 Å². The zero-order valence-electron chi connectivity index (χ0n) is 11.1. The van der Waals surface area contributed by atoms with Crippen molar-refractivity contribution in [3.8, 4) is 5.75 Å². The summed E-state index contributed by atoms with van der Waals surface area (Å²) in [6, 6.07) is 12.2. The highest BCUT2D eigenvalue weighted by atomic mass is 79.9. The topological polar surface area (TPSA) is 64.3 Å². The van der Waals surface area contributed by atoms with E-state index in [1.165, 1.54) is 0 Å². The number of amides is 1. The number of hydrogen-bond donors (Lipinski definition) is 2. The molecule has 0 unspecified atom stereocenters. The van der Waals surface area contributed by atoms with Crippen LogP contribution in [0.4, 0.5) is 5.69 Å². The minimum atomic E-state index is -0.267. The normalized spacial score (nSPS) is 10.2. The molecule has 3 N–H and O–H groups in total. The quantitative estimate of drug-likeness (QED) is 0.845. The first-order valence-electron chi connectivity index (χ1n) is 6.29. The van der Waals surface area contributed by atoms with Gasteiger partial charge in [-0.05, 0) is 42.5 Å². The Labute approximate surface area is 136 Å². The van der Waals surface area contributed by atoms with E-state index < -0.39 is 0 Å². The molecule has 2 rings (SSSR count). The molecule has 0 saturated heterocycles. The molecule has 0 radical (unpaired) electrons. The molecule has 0 saturated carbocycles. The van der Waals surface area contributed by atoms with Gasteiger partial charge in [-0.15, -0.1) is 0 Å². The molecule has 4 nitrogen and oxygen atoms in total. The van der Waals surface area contributed by atoms with Crippen LogP contribution in [0.3, 0.4) is 0 Å². The van der Waals surface area contributed by atoms with Crippen molar-refractivity contribution in [2.24, 2.45) is 5.73 Å². The van der Waals surface area contributed by atoms with E-state index in [9.17, 15) is 4.79 Å². The van der Waals surface area contributed by atoms with Crippen molar-refractivity contribution in [3.05, 3.63) is 57.5 Å². The van der Waals surface area contributed by atoms with Crippen LogP contribution in [-0.4, -0.2) is 19.1 Å². The van der Waals surface area contributed by atoms with Crippen molar-refractivity contribution in [1.82, 2.24) is 0 Å². The second-order valence-electron chi connectivity index (χ2n) is 4.24. The molecule has 0 fully saturated rings. The summed E-state index contributed by atoms with van der Waals surface area (Å²) in [4.78, 5) is 12.2. The lowest BCUT2D eigenvalue weighted by molar-refractivity contribution is 0.102. The fourth-order valence-corrected chi connectivity index (χ4v) is 2.25. The summed E-state index contributed by atoms with van der Waals surface area (Å²) in [6.07, 6.45) is 0. The molecule has 2 aromatic rings. The highest BCUT2D eigenvalue weighted by Crippen LogP contribution is 2.23. The molecule has 0 aromatic heterocycles. The van der Waals surface area contributed by atoms with Crippen LogP contribution in [0.25, 0.3) is 0 Å². The molecule has 2 aromatic carbocycles. The van der Waals surface area contributed by atoms with Crippen molar-refractivity contribution >= 4 is 39.1 Å². The van der Waals surface area contributed by atoms with Gasteiger partial charge in [-0.1, -0.05) is 27.5 Å². The summed E-state index contributed by atoms with van der Waals surface area (Å²) < 4.78 is 6.16. The molecule has 0 spiro atoms. The van der Waals surface area contributed by atoms with E-state index >= 15 is 0 Å². The lowest BCUT2D eigenvalue weighted by Gasteiger charge is -2.09. The number of rotatable bonds is 5. The first kappa shape index (κ1) is 15.8. The number of carbonyl (C=O) groups is 1.